The maximum absolute atomic E-state index is 13.9. The average molecular weight is 295 g/mol. The lowest BCUT2D eigenvalue weighted by molar-refractivity contribution is -0.167. The molecule has 108 valence electrons. The second-order valence-corrected chi connectivity index (χ2v) is 4.78. The Bertz CT molecular complexity index is 737. The summed E-state index contributed by atoms with van der Waals surface area (Å²) in [5, 5.41) is 1.57. The van der Waals surface area contributed by atoms with Crippen molar-refractivity contribution in [3.63, 3.8) is 0 Å². The van der Waals surface area contributed by atoms with Crippen molar-refractivity contribution in [3.05, 3.63) is 53.3 Å². The van der Waals surface area contributed by atoms with Gasteiger partial charge in [0.1, 0.15) is 5.82 Å². The highest BCUT2D eigenvalue weighted by Crippen LogP contribution is 2.39. The highest BCUT2D eigenvalue weighted by atomic mass is 19.4. The fourth-order valence-corrected chi connectivity index (χ4v) is 2.45. The van der Waals surface area contributed by atoms with E-state index in [1.165, 1.54) is 6.07 Å². The standard InChI is InChI=1S/C15H9F4NO/c16-12-7-11-9(5-8-3-1-2-4-10(8)11)6-13(12)20-14(21)15(17,18)19/h1-4,6-7H,5H2,(H,20,21). The number of alkyl halides is 3. The first-order valence-electron chi connectivity index (χ1n) is 6.15. The Morgan fingerprint density at radius 2 is 1.76 bits per heavy atom. The van der Waals surface area contributed by atoms with Gasteiger partial charge in [-0.1, -0.05) is 24.3 Å². The van der Waals surface area contributed by atoms with E-state index < -0.39 is 23.6 Å². The molecule has 0 unspecified atom stereocenters. The summed E-state index contributed by atoms with van der Waals surface area (Å²) in [7, 11) is 0. The minimum absolute atomic E-state index is 0.455. The van der Waals surface area contributed by atoms with Crippen molar-refractivity contribution >= 4 is 11.6 Å². The Morgan fingerprint density at radius 3 is 2.48 bits per heavy atom. The third-order valence-corrected chi connectivity index (χ3v) is 3.39. The molecule has 1 N–H and O–H groups in total. The molecule has 0 radical (unpaired) electrons. The smallest absolute Gasteiger partial charge is 0.316 e. The predicted octanol–water partition coefficient (Wildman–Crippen LogP) is 3.90. The molecule has 3 rings (SSSR count). The molecule has 0 bridgehead atoms. The van der Waals surface area contributed by atoms with Gasteiger partial charge in [-0.05, 0) is 40.8 Å². The van der Waals surface area contributed by atoms with Crippen LogP contribution >= 0.6 is 0 Å². The lowest BCUT2D eigenvalue weighted by atomic mass is 10.1. The Kier molecular flexibility index (Phi) is 2.97. The van der Waals surface area contributed by atoms with Gasteiger partial charge in [0.15, 0.2) is 0 Å². The van der Waals surface area contributed by atoms with Gasteiger partial charge in [0.05, 0.1) is 5.69 Å². The van der Waals surface area contributed by atoms with Crippen molar-refractivity contribution in [2.45, 2.75) is 12.6 Å². The number of anilines is 1. The molecule has 1 aliphatic rings. The highest BCUT2D eigenvalue weighted by molar-refractivity contribution is 5.95. The summed E-state index contributed by atoms with van der Waals surface area (Å²) < 4.78 is 50.6. The lowest BCUT2D eigenvalue weighted by Crippen LogP contribution is -2.30. The maximum Gasteiger partial charge on any atom is 0.471 e. The quantitative estimate of drug-likeness (QED) is 0.678. The molecule has 0 aromatic heterocycles. The first-order chi connectivity index (χ1) is 9.86. The molecule has 0 atom stereocenters. The number of fused-ring (bicyclic) bond motifs is 3. The number of carbonyl (C=O) groups excluding carboxylic acids is 1. The fourth-order valence-electron chi connectivity index (χ4n) is 2.45. The van der Waals surface area contributed by atoms with E-state index in [0.29, 0.717) is 17.5 Å². The molecule has 0 fully saturated rings. The zero-order chi connectivity index (χ0) is 15.2. The second-order valence-electron chi connectivity index (χ2n) is 4.78. The van der Waals surface area contributed by atoms with Crippen LogP contribution in [0, 0.1) is 5.82 Å². The van der Waals surface area contributed by atoms with Gasteiger partial charge in [0.2, 0.25) is 0 Å². The summed E-state index contributed by atoms with van der Waals surface area (Å²) in [6, 6.07) is 9.77. The Labute approximate surface area is 117 Å². The summed E-state index contributed by atoms with van der Waals surface area (Å²) in [4.78, 5) is 10.9. The summed E-state index contributed by atoms with van der Waals surface area (Å²) in [6.07, 6.45) is -4.55. The van der Waals surface area contributed by atoms with Crippen LogP contribution in [0.1, 0.15) is 11.1 Å². The Balaban J connectivity index is 1.98. The van der Waals surface area contributed by atoms with E-state index in [2.05, 4.69) is 0 Å². The monoisotopic (exact) mass is 295 g/mol. The molecule has 1 amide bonds. The normalized spacial score (nSPS) is 12.8. The molecule has 21 heavy (non-hydrogen) atoms. The third kappa shape index (κ3) is 2.37. The van der Waals surface area contributed by atoms with Gasteiger partial charge >= 0.3 is 12.1 Å². The van der Waals surface area contributed by atoms with Crippen LogP contribution < -0.4 is 5.32 Å². The molecule has 1 aliphatic carbocycles. The van der Waals surface area contributed by atoms with Crippen LogP contribution in [0.15, 0.2) is 36.4 Å². The van der Waals surface area contributed by atoms with Gasteiger partial charge in [-0.25, -0.2) is 4.39 Å². The molecular formula is C15H9F4NO. The van der Waals surface area contributed by atoms with E-state index in [1.807, 2.05) is 24.3 Å². The largest absolute Gasteiger partial charge is 0.471 e. The van der Waals surface area contributed by atoms with Crippen LogP contribution in [0.3, 0.4) is 0 Å². The summed E-state index contributed by atoms with van der Waals surface area (Å²) in [5.41, 5.74) is 2.72. The molecular weight excluding hydrogens is 286 g/mol. The van der Waals surface area contributed by atoms with Gasteiger partial charge in [-0.15, -0.1) is 0 Å². The van der Waals surface area contributed by atoms with E-state index in [4.69, 9.17) is 0 Å². The van der Waals surface area contributed by atoms with Crippen LogP contribution in [-0.4, -0.2) is 12.1 Å². The topological polar surface area (TPSA) is 29.1 Å². The molecule has 0 aliphatic heterocycles. The van der Waals surface area contributed by atoms with E-state index in [1.54, 1.807) is 5.32 Å². The van der Waals surface area contributed by atoms with Crippen LogP contribution in [-0.2, 0) is 11.2 Å². The molecule has 0 saturated carbocycles. The van der Waals surface area contributed by atoms with Crippen molar-refractivity contribution < 1.29 is 22.4 Å². The highest BCUT2D eigenvalue weighted by Gasteiger charge is 2.39. The lowest BCUT2D eigenvalue weighted by Gasteiger charge is -2.10. The molecule has 0 heterocycles. The number of benzene rings is 2. The first-order valence-corrected chi connectivity index (χ1v) is 6.15. The first kappa shape index (κ1) is 13.6. The number of hydrogen-bond acceptors (Lipinski definition) is 1. The number of rotatable bonds is 1. The molecule has 0 spiro atoms. The van der Waals surface area contributed by atoms with E-state index in [-0.39, 0.29) is 0 Å². The predicted molar refractivity (Wildman–Crippen MR) is 69.3 cm³/mol. The molecule has 2 aromatic rings. The SMILES string of the molecule is O=C(Nc1cc2c(cc1F)-c1ccccc1C2)C(F)(F)F. The van der Waals surface area contributed by atoms with E-state index >= 15 is 0 Å². The van der Waals surface area contributed by atoms with Crippen molar-refractivity contribution in [1.82, 2.24) is 0 Å². The van der Waals surface area contributed by atoms with Crippen LogP contribution in [0.4, 0.5) is 23.2 Å². The number of nitrogens with one attached hydrogen (secondary N) is 1. The van der Waals surface area contributed by atoms with Crippen molar-refractivity contribution in [2.24, 2.45) is 0 Å². The van der Waals surface area contributed by atoms with Gasteiger partial charge in [0.25, 0.3) is 0 Å². The zero-order valence-electron chi connectivity index (χ0n) is 10.6. The van der Waals surface area contributed by atoms with E-state index in [0.717, 1.165) is 17.2 Å². The van der Waals surface area contributed by atoms with Crippen molar-refractivity contribution in [3.8, 4) is 11.1 Å². The van der Waals surface area contributed by atoms with Crippen molar-refractivity contribution in [2.75, 3.05) is 5.32 Å². The summed E-state index contributed by atoms with van der Waals surface area (Å²) in [5.74, 6) is -3.07. The van der Waals surface area contributed by atoms with Gasteiger partial charge in [-0.3, -0.25) is 4.79 Å². The summed E-state index contributed by atoms with van der Waals surface area (Å²) >= 11 is 0. The summed E-state index contributed by atoms with van der Waals surface area (Å²) in [6.45, 7) is 0. The minimum Gasteiger partial charge on any atom is -0.316 e. The van der Waals surface area contributed by atoms with Crippen LogP contribution in [0.25, 0.3) is 11.1 Å². The number of halogens is 4. The zero-order valence-corrected chi connectivity index (χ0v) is 10.6. The molecule has 2 nitrogen and oxygen atoms in total. The second kappa shape index (κ2) is 4.58. The molecule has 2 aromatic carbocycles. The number of carbonyl (C=O) groups is 1. The van der Waals surface area contributed by atoms with Crippen molar-refractivity contribution in [1.29, 1.82) is 0 Å². The number of amides is 1. The minimum atomic E-state index is -5.05. The number of hydrogen-bond donors (Lipinski definition) is 1. The van der Waals surface area contributed by atoms with Crippen LogP contribution in [0.5, 0.6) is 0 Å². The van der Waals surface area contributed by atoms with E-state index in [9.17, 15) is 22.4 Å². The van der Waals surface area contributed by atoms with Gasteiger partial charge < -0.3 is 5.32 Å². The Hall–Kier alpha value is -2.37. The fraction of sp³-hybridized carbons (Fsp3) is 0.133. The van der Waals surface area contributed by atoms with Gasteiger partial charge in [-0.2, -0.15) is 13.2 Å². The molecule has 0 saturated heterocycles. The van der Waals surface area contributed by atoms with Crippen LogP contribution in [0.2, 0.25) is 0 Å². The maximum atomic E-state index is 13.9. The Morgan fingerprint density at radius 1 is 1.05 bits per heavy atom. The third-order valence-electron chi connectivity index (χ3n) is 3.39. The van der Waals surface area contributed by atoms with Gasteiger partial charge in [0, 0.05) is 0 Å². The average Bonchev–Trinajstić information content (AvgIpc) is 2.76. The molecule has 6 heteroatoms.